The average Bonchev–Trinajstić information content (AvgIpc) is 3.14. The molecule has 26 heavy (non-hydrogen) atoms. The van der Waals surface area contributed by atoms with Crippen LogP contribution in [-0.4, -0.2) is 60.7 Å². The quantitative estimate of drug-likeness (QED) is 0.707. The third-order valence-electron chi connectivity index (χ3n) is 4.42. The number of hydrogen-bond acceptors (Lipinski definition) is 6. The van der Waals surface area contributed by atoms with Crippen LogP contribution in [0.5, 0.6) is 0 Å². The monoisotopic (exact) mass is 374 g/mol. The van der Waals surface area contributed by atoms with Crippen LogP contribution in [0.1, 0.15) is 12.3 Å². The van der Waals surface area contributed by atoms with E-state index in [1.165, 1.54) is 0 Å². The van der Waals surface area contributed by atoms with E-state index in [0.29, 0.717) is 30.4 Å². The van der Waals surface area contributed by atoms with E-state index in [2.05, 4.69) is 20.9 Å². The van der Waals surface area contributed by atoms with Gasteiger partial charge in [-0.3, -0.25) is 9.80 Å². The fourth-order valence-electron chi connectivity index (χ4n) is 2.91. The number of ether oxygens (including phenoxy) is 1. The van der Waals surface area contributed by atoms with E-state index in [9.17, 15) is 0 Å². The van der Waals surface area contributed by atoms with Crippen LogP contribution in [0, 0.1) is 11.3 Å². The van der Waals surface area contributed by atoms with Gasteiger partial charge in [-0.1, -0.05) is 11.6 Å². The summed E-state index contributed by atoms with van der Waals surface area (Å²) in [5.41, 5.74) is 0.949. The molecule has 0 spiro atoms. The smallest absolute Gasteiger partial charge is 0.209 e. The first kappa shape index (κ1) is 18.9. The van der Waals surface area contributed by atoms with Gasteiger partial charge in [0.1, 0.15) is 0 Å². The third-order valence-corrected chi connectivity index (χ3v) is 4.67. The van der Waals surface area contributed by atoms with Gasteiger partial charge in [0, 0.05) is 49.7 Å². The Labute approximate surface area is 158 Å². The Morgan fingerprint density at radius 3 is 2.69 bits per heavy atom. The minimum atomic E-state index is 0.494. The second-order valence-corrected chi connectivity index (χ2v) is 6.70. The number of oxazole rings is 1. The van der Waals surface area contributed by atoms with Gasteiger partial charge in [-0.25, -0.2) is 4.98 Å². The number of halogens is 1. The lowest BCUT2D eigenvalue weighted by atomic mass is 10.2. The molecule has 1 aliphatic rings. The van der Waals surface area contributed by atoms with Crippen molar-refractivity contribution in [1.82, 2.24) is 14.8 Å². The zero-order valence-corrected chi connectivity index (χ0v) is 15.5. The molecule has 2 heterocycles. The van der Waals surface area contributed by atoms with Gasteiger partial charge in [-0.05, 0) is 24.3 Å². The summed E-state index contributed by atoms with van der Waals surface area (Å²) >= 11 is 5.93. The van der Waals surface area contributed by atoms with Gasteiger partial charge >= 0.3 is 0 Å². The zero-order chi connectivity index (χ0) is 18.2. The predicted molar refractivity (Wildman–Crippen MR) is 99.7 cm³/mol. The summed E-state index contributed by atoms with van der Waals surface area (Å²) in [5, 5.41) is 9.61. The summed E-state index contributed by atoms with van der Waals surface area (Å²) in [6.07, 6.45) is 2.23. The van der Waals surface area contributed by atoms with Crippen LogP contribution in [0.3, 0.4) is 0 Å². The molecule has 0 radical (unpaired) electrons. The molecule has 0 unspecified atom stereocenters. The zero-order valence-electron chi connectivity index (χ0n) is 14.7. The highest BCUT2D eigenvalue weighted by Crippen LogP contribution is 2.22. The number of rotatable bonds is 8. The van der Waals surface area contributed by atoms with Crippen molar-refractivity contribution in [2.75, 3.05) is 45.9 Å². The summed E-state index contributed by atoms with van der Waals surface area (Å²) in [5.74, 6) is 1.39. The van der Waals surface area contributed by atoms with Gasteiger partial charge in [-0.15, -0.1) is 0 Å². The first-order valence-electron chi connectivity index (χ1n) is 8.84. The third kappa shape index (κ3) is 5.55. The Kier molecular flexibility index (Phi) is 7.04. The van der Waals surface area contributed by atoms with Crippen molar-refractivity contribution in [2.45, 2.75) is 13.0 Å². The van der Waals surface area contributed by atoms with Crippen molar-refractivity contribution in [1.29, 1.82) is 5.26 Å². The number of nitriles is 1. The van der Waals surface area contributed by atoms with Gasteiger partial charge in [0.25, 0.3) is 0 Å². The molecule has 0 amide bonds. The Morgan fingerprint density at radius 1 is 1.19 bits per heavy atom. The number of benzene rings is 1. The average molecular weight is 375 g/mol. The van der Waals surface area contributed by atoms with Crippen molar-refractivity contribution in [3.63, 3.8) is 0 Å². The summed E-state index contributed by atoms with van der Waals surface area (Å²) in [4.78, 5) is 9.00. The van der Waals surface area contributed by atoms with Gasteiger partial charge in [0.15, 0.2) is 5.76 Å². The number of nitrogens with zero attached hydrogens (tertiary/aromatic N) is 4. The predicted octanol–water partition coefficient (Wildman–Crippen LogP) is 3.04. The minimum Gasteiger partial charge on any atom is -0.439 e. The Morgan fingerprint density at radius 2 is 1.96 bits per heavy atom. The highest BCUT2D eigenvalue weighted by atomic mass is 35.5. The van der Waals surface area contributed by atoms with Crippen LogP contribution in [0.25, 0.3) is 11.3 Å². The van der Waals surface area contributed by atoms with Gasteiger partial charge in [-0.2, -0.15) is 5.26 Å². The first-order valence-corrected chi connectivity index (χ1v) is 9.22. The van der Waals surface area contributed by atoms with Crippen LogP contribution in [0.15, 0.2) is 34.9 Å². The second-order valence-electron chi connectivity index (χ2n) is 6.26. The van der Waals surface area contributed by atoms with Crippen molar-refractivity contribution < 1.29 is 9.15 Å². The van der Waals surface area contributed by atoms with Crippen molar-refractivity contribution in [2.24, 2.45) is 0 Å². The summed E-state index contributed by atoms with van der Waals surface area (Å²) in [7, 11) is 0. The maximum absolute atomic E-state index is 8.92. The minimum absolute atomic E-state index is 0.494. The molecule has 1 aromatic carbocycles. The number of hydrogen-bond donors (Lipinski definition) is 0. The normalized spacial score (nSPS) is 15.3. The van der Waals surface area contributed by atoms with Gasteiger partial charge in [0.2, 0.25) is 5.89 Å². The second kappa shape index (κ2) is 9.70. The van der Waals surface area contributed by atoms with E-state index in [1.807, 2.05) is 24.3 Å². The Hall–Kier alpha value is -1.91. The largest absolute Gasteiger partial charge is 0.439 e. The molecular weight excluding hydrogens is 352 g/mol. The van der Waals surface area contributed by atoms with Crippen molar-refractivity contribution in [3.8, 4) is 17.4 Å². The molecule has 0 aliphatic carbocycles. The molecule has 0 bridgehead atoms. The Balaban J connectivity index is 1.59. The molecule has 1 aliphatic heterocycles. The summed E-state index contributed by atoms with van der Waals surface area (Å²) in [6.45, 7) is 6.65. The number of aromatic nitrogens is 1. The standard InChI is InChI=1S/C19H23ClN4O2/c20-17-4-2-16(3-5-17)18-14-22-19(26-18)15-24(7-1-6-21)9-8-23-10-12-25-13-11-23/h2-5,14H,1,7-13,15H2. The molecule has 2 aromatic rings. The molecule has 7 heteroatoms. The molecule has 0 saturated carbocycles. The van der Waals surface area contributed by atoms with Crippen LogP contribution < -0.4 is 0 Å². The summed E-state index contributed by atoms with van der Waals surface area (Å²) in [6, 6.07) is 9.72. The van der Waals surface area contributed by atoms with E-state index in [1.54, 1.807) is 6.20 Å². The van der Waals surface area contributed by atoms with E-state index < -0.39 is 0 Å². The van der Waals surface area contributed by atoms with Gasteiger partial charge in [0.05, 0.1) is 32.0 Å². The molecule has 138 valence electrons. The van der Waals surface area contributed by atoms with Crippen LogP contribution in [0.4, 0.5) is 0 Å². The molecule has 6 nitrogen and oxygen atoms in total. The maximum Gasteiger partial charge on any atom is 0.209 e. The van der Waals surface area contributed by atoms with E-state index in [4.69, 9.17) is 26.0 Å². The summed E-state index contributed by atoms with van der Waals surface area (Å²) < 4.78 is 11.3. The van der Waals surface area contributed by atoms with Crippen LogP contribution in [0.2, 0.25) is 5.02 Å². The van der Waals surface area contributed by atoms with Crippen LogP contribution in [-0.2, 0) is 11.3 Å². The fraction of sp³-hybridized carbons (Fsp3) is 0.474. The highest BCUT2D eigenvalue weighted by Gasteiger charge is 2.15. The lowest BCUT2D eigenvalue weighted by Crippen LogP contribution is -2.41. The van der Waals surface area contributed by atoms with Crippen molar-refractivity contribution in [3.05, 3.63) is 41.4 Å². The van der Waals surface area contributed by atoms with Crippen molar-refractivity contribution >= 4 is 11.6 Å². The molecule has 1 saturated heterocycles. The van der Waals surface area contributed by atoms with E-state index in [0.717, 1.165) is 50.7 Å². The molecular formula is C19H23ClN4O2. The maximum atomic E-state index is 8.92. The number of morpholine rings is 1. The lowest BCUT2D eigenvalue weighted by molar-refractivity contribution is 0.0326. The highest BCUT2D eigenvalue weighted by molar-refractivity contribution is 6.30. The lowest BCUT2D eigenvalue weighted by Gasteiger charge is -2.29. The fourth-order valence-corrected chi connectivity index (χ4v) is 3.03. The Bertz CT molecular complexity index is 720. The van der Waals surface area contributed by atoms with Crippen LogP contribution >= 0.6 is 11.6 Å². The van der Waals surface area contributed by atoms with E-state index in [-0.39, 0.29) is 0 Å². The van der Waals surface area contributed by atoms with E-state index >= 15 is 0 Å². The molecule has 0 atom stereocenters. The topological polar surface area (TPSA) is 65.5 Å². The molecule has 0 N–H and O–H groups in total. The molecule has 1 aromatic heterocycles. The molecule has 1 fully saturated rings. The molecule has 3 rings (SSSR count). The first-order chi connectivity index (χ1) is 12.7. The SMILES string of the molecule is N#CCCN(CCN1CCOCC1)Cc1ncc(-c2ccc(Cl)cc2)o1. The van der Waals surface area contributed by atoms with Gasteiger partial charge < -0.3 is 9.15 Å².